The topological polar surface area (TPSA) is 0 Å². The summed E-state index contributed by atoms with van der Waals surface area (Å²) >= 11 is 3.61. The Morgan fingerprint density at radius 3 is 2.45 bits per heavy atom. The first-order chi connectivity index (χ1) is 5.36. The summed E-state index contributed by atoms with van der Waals surface area (Å²) in [6.45, 7) is 0. The van der Waals surface area contributed by atoms with E-state index in [2.05, 4.69) is 46.3 Å². The molecule has 0 amide bonds. The summed E-state index contributed by atoms with van der Waals surface area (Å²) in [6, 6.07) is 10.7. The van der Waals surface area contributed by atoms with Crippen molar-refractivity contribution in [3.63, 3.8) is 0 Å². The van der Waals surface area contributed by atoms with E-state index in [4.69, 9.17) is 0 Å². The molecular formula is C10H11Br. The molecular weight excluding hydrogens is 200 g/mol. The van der Waals surface area contributed by atoms with Gasteiger partial charge in [-0.15, -0.1) is 0 Å². The van der Waals surface area contributed by atoms with Gasteiger partial charge < -0.3 is 0 Å². The molecule has 0 N–H and O–H groups in total. The molecule has 58 valence electrons. The fraction of sp³-hybridized carbons (Fsp3) is 0.400. The molecule has 0 spiro atoms. The monoisotopic (exact) mass is 210 g/mol. The largest absolute Gasteiger partial charge is 0.0887 e. The molecule has 1 heteroatoms. The lowest BCUT2D eigenvalue weighted by Crippen LogP contribution is -1.87. The van der Waals surface area contributed by atoms with Crippen molar-refractivity contribution in [2.45, 2.75) is 17.7 Å². The van der Waals surface area contributed by atoms with Gasteiger partial charge in [-0.1, -0.05) is 46.3 Å². The zero-order chi connectivity index (χ0) is 7.68. The van der Waals surface area contributed by atoms with Gasteiger partial charge in [0, 0.05) is 4.83 Å². The summed E-state index contributed by atoms with van der Waals surface area (Å²) in [7, 11) is 0. The van der Waals surface area contributed by atoms with E-state index in [1.54, 1.807) is 0 Å². The van der Waals surface area contributed by atoms with Gasteiger partial charge >= 0.3 is 0 Å². The van der Waals surface area contributed by atoms with Crippen molar-refractivity contribution in [3.05, 3.63) is 35.9 Å². The van der Waals surface area contributed by atoms with Crippen LogP contribution < -0.4 is 0 Å². The molecule has 1 saturated carbocycles. The summed E-state index contributed by atoms with van der Waals surface area (Å²) in [5.41, 5.74) is 1.47. The number of rotatable bonds is 2. The van der Waals surface area contributed by atoms with Crippen molar-refractivity contribution < 1.29 is 0 Å². The van der Waals surface area contributed by atoms with E-state index in [1.165, 1.54) is 18.4 Å². The highest BCUT2D eigenvalue weighted by atomic mass is 79.9. The summed E-state index contributed by atoms with van der Waals surface area (Å²) in [4.78, 5) is 0.794. The van der Waals surface area contributed by atoms with Crippen LogP contribution in [0.25, 0.3) is 0 Å². The van der Waals surface area contributed by atoms with Gasteiger partial charge in [0.2, 0.25) is 0 Å². The van der Waals surface area contributed by atoms with Crippen molar-refractivity contribution in [1.82, 2.24) is 0 Å². The fourth-order valence-corrected chi connectivity index (χ4v) is 2.01. The number of benzene rings is 1. The second kappa shape index (κ2) is 2.98. The first kappa shape index (κ1) is 7.35. The van der Waals surface area contributed by atoms with Crippen LogP contribution in [0.3, 0.4) is 0 Å². The zero-order valence-corrected chi connectivity index (χ0v) is 7.92. The van der Waals surface area contributed by atoms with Crippen LogP contribution in [0.2, 0.25) is 0 Å². The van der Waals surface area contributed by atoms with Gasteiger partial charge in [-0.3, -0.25) is 0 Å². The van der Waals surface area contributed by atoms with Gasteiger partial charge in [0.05, 0.1) is 0 Å². The van der Waals surface area contributed by atoms with Crippen molar-refractivity contribution in [2.24, 2.45) is 5.92 Å². The molecule has 0 bridgehead atoms. The predicted molar refractivity (Wildman–Crippen MR) is 51.0 cm³/mol. The first-order valence-corrected chi connectivity index (χ1v) is 4.96. The Morgan fingerprint density at radius 1 is 1.27 bits per heavy atom. The minimum Gasteiger partial charge on any atom is -0.0887 e. The lowest BCUT2D eigenvalue weighted by Gasteiger charge is -1.96. The van der Waals surface area contributed by atoms with Gasteiger partial charge in [-0.25, -0.2) is 0 Å². The number of alkyl halides is 1. The quantitative estimate of drug-likeness (QED) is 0.659. The number of hydrogen-bond donors (Lipinski definition) is 0. The SMILES string of the molecule is Br[C@@H]1C[C@H]1Cc1ccccc1. The highest BCUT2D eigenvalue weighted by Crippen LogP contribution is 2.40. The smallest absolute Gasteiger partial charge is 0.0180 e. The highest BCUT2D eigenvalue weighted by Gasteiger charge is 2.33. The maximum atomic E-state index is 3.61. The molecule has 0 unspecified atom stereocenters. The Hall–Kier alpha value is -0.300. The molecule has 2 rings (SSSR count). The molecule has 11 heavy (non-hydrogen) atoms. The number of hydrogen-bond acceptors (Lipinski definition) is 0. The van der Waals surface area contributed by atoms with Crippen molar-refractivity contribution in [1.29, 1.82) is 0 Å². The van der Waals surface area contributed by atoms with E-state index >= 15 is 0 Å². The maximum absolute atomic E-state index is 3.61. The second-order valence-corrected chi connectivity index (χ2v) is 4.38. The summed E-state index contributed by atoms with van der Waals surface area (Å²) in [5.74, 6) is 0.900. The van der Waals surface area contributed by atoms with Crippen LogP contribution in [0.4, 0.5) is 0 Å². The predicted octanol–water partition coefficient (Wildman–Crippen LogP) is 3.01. The van der Waals surface area contributed by atoms with Crippen LogP contribution in [0.5, 0.6) is 0 Å². The normalized spacial score (nSPS) is 28.5. The number of halogens is 1. The van der Waals surface area contributed by atoms with Gasteiger partial charge in [0.25, 0.3) is 0 Å². The Kier molecular flexibility index (Phi) is 1.99. The molecule has 0 heterocycles. The third kappa shape index (κ3) is 1.84. The van der Waals surface area contributed by atoms with Crippen molar-refractivity contribution >= 4 is 15.9 Å². The van der Waals surface area contributed by atoms with Crippen LogP contribution >= 0.6 is 15.9 Å². The van der Waals surface area contributed by atoms with Crippen LogP contribution in [0, 0.1) is 5.92 Å². The van der Waals surface area contributed by atoms with E-state index in [-0.39, 0.29) is 0 Å². The minimum absolute atomic E-state index is 0.794. The van der Waals surface area contributed by atoms with Gasteiger partial charge in [-0.05, 0) is 24.3 Å². The third-order valence-corrected chi connectivity index (χ3v) is 3.30. The van der Waals surface area contributed by atoms with Crippen LogP contribution in [0.15, 0.2) is 30.3 Å². The van der Waals surface area contributed by atoms with Crippen molar-refractivity contribution in [3.8, 4) is 0 Å². The average molecular weight is 211 g/mol. The Morgan fingerprint density at radius 2 is 1.91 bits per heavy atom. The van der Waals surface area contributed by atoms with E-state index in [0.717, 1.165) is 10.7 Å². The second-order valence-electron chi connectivity index (χ2n) is 3.20. The van der Waals surface area contributed by atoms with Crippen LogP contribution in [-0.4, -0.2) is 4.83 Å². The fourth-order valence-electron chi connectivity index (χ4n) is 1.34. The molecule has 0 saturated heterocycles. The van der Waals surface area contributed by atoms with Crippen LogP contribution in [-0.2, 0) is 6.42 Å². The van der Waals surface area contributed by atoms with E-state index in [1.807, 2.05) is 0 Å². The summed E-state index contributed by atoms with van der Waals surface area (Å²) in [5, 5.41) is 0. The van der Waals surface area contributed by atoms with Gasteiger partial charge in [-0.2, -0.15) is 0 Å². The third-order valence-electron chi connectivity index (χ3n) is 2.18. The Balaban J connectivity index is 1.97. The average Bonchev–Trinajstić information content (AvgIpc) is 2.69. The highest BCUT2D eigenvalue weighted by molar-refractivity contribution is 9.09. The van der Waals surface area contributed by atoms with E-state index in [0.29, 0.717) is 0 Å². The Bertz CT molecular complexity index is 230. The lowest BCUT2D eigenvalue weighted by molar-refractivity contribution is 0.838. The van der Waals surface area contributed by atoms with E-state index < -0.39 is 0 Å². The molecule has 0 nitrogen and oxygen atoms in total. The first-order valence-electron chi connectivity index (χ1n) is 4.04. The summed E-state index contributed by atoms with van der Waals surface area (Å²) in [6.07, 6.45) is 2.60. The van der Waals surface area contributed by atoms with Crippen molar-refractivity contribution in [2.75, 3.05) is 0 Å². The van der Waals surface area contributed by atoms with Gasteiger partial charge in [0.15, 0.2) is 0 Å². The molecule has 1 aliphatic rings. The molecule has 1 aromatic carbocycles. The molecule has 1 aliphatic carbocycles. The van der Waals surface area contributed by atoms with E-state index in [9.17, 15) is 0 Å². The lowest BCUT2D eigenvalue weighted by atomic mass is 10.1. The van der Waals surface area contributed by atoms with Gasteiger partial charge in [0.1, 0.15) is 0 Å². The molecule has 1 aromatic rings. The summed E-state index contributed by atoms with van der Waals surface area (Å²) < 4.78 is 0. The molecule has 2 atom stereocenters. The molecule has 1 fully saturated rings. The molecule has 0 aromatic heterocycles. The minimum atomic E-state index is 0.794. The Labute approximate surface area is 75.8 Å². The maximum Gasteiger partial charge on any atom is 0.0180 e. The molecule has 0 aliphatic heterocycles. The zero-order valence-electron chi connectivity index (χ0n) is 6.33. The van der Waals surface area contributed by atoms with Crippen LogP contribution in [0.1, 0.15) is 12.0 Å². The molecule has 0 radical (unpaired) electrons. The standard InChI is InChI=1S/C10H11Br/c11-10-7-9(10)6-8-4-2-1-3-5-8/h1-5,9-10H,6-7H2/t9-,10-/m1/s1.